The summed E-state index contributed by atoms with van der Waals surface area (Å²) in [6, 6.07) is 0.750. The summed E-state index contributed by atoms with van der Waals surface area (Å²) in [7, 11) is 1.07. The number of methoxy groups -OCH3 is 1. The number of rotatable bonds is 4. The minimum atomic E-state index is -2.91. The lowest BCUT2D eigenvalue weighted by Gasteiger charge is -2.08. The zero-order valence-electron chi connectivity index (χ0n) is 8.21. The molecule has 16 heavy (non-hydrogen) atoms. The molecule has 1 rings (SSSR count). The number of pyridine rings is 1. The van der Waals surface area contributed by atoms with Crippen molar-refractivity contribution in [3.05, 3.63) is 23.1 Å². The van der Waals surface area contributed by atoms with E-state index in [2.05, 4.69) is 9.72 Å². The second-order valence-electron chi connectivity index (χ2n) is 2.91. The van der Waals surface area contributed by atoms with Crippen LogP contribution in [0.15, 0.2) is 6.07 Å². The number of aromatic nitrogens is 1. The first-order valence-corrected chi connectivity index (χ1v) is 4.19. The number of nitrogens with zero attached hydrogens (tertiary/aromatic N) is 1. The lowest BCUT2D eigenvalue weighted by atomic mass is 10.1. The molecular formula is C9H8F3NO3. The number of alkyl halides is 2. The molecule has 1 heterocycles. The first-order chi connectivity index (χ1) is 7.45. The fourth-order valence-corrected chi connectivity index (χ4v) is 1.14. The fraction of sp³-hybridized carbons (Fsp3) is 0.333. The van der Waals surface area contributed by atoms with Crippen molar-refractivity contribution in [1.29, 1.82) is 0 Å². The monoisotopic (exact) mass is 235 g/mol. The molecule has 0 aromatic carbocycles. The summed E-state index contributed by atoms with van der Waals surface area (Å²) < 4.78 is 42.6. The molecule has 1 N–H and O–H groups in total. The van der Waals surface area contributed by atoms with Crippen molar-refractivity contribution in [1.82, 2.24) is 4.98 Å². The molecule has 0 aliphatic rings. The predicted octanol–water partition coefficient (Wildman–Crippen LogP) is 1.79. The molecule has 0 aliphatic carbocycles. The van der Waals surface area contributed by atoms with Gasteiger partial charge in [0.1, 0.15) is 0 Å². The van der Waals surface area contributed by atoms with Crippen molar-refractivity contribution in [2.45, 2.75) is 12.8 Å². The lowest BCUT2D eigenvalue weighted by Crippen LogP contribution is -2.07. The van der Waals surface area contributed by atoms with Crippen molar-refractivity contribution in [3.8, 4) is 5.88 Å². The van der Waals surface area contributed by atoms with Gasteiger partial charge < -0.3 is 9.84 Å². The van der Waals surface area contributed by atoms with E-state index in [0.29, 0.717) is 0 Å². The highest BCUT2D eigenvalue weighted by molar-refractivity contribution is 5.70. The summed E-state index contributed by atoms with van der Waals surface area (Å²) in [5, 5.41) is 8.43. The topological polar surface area (TPSA) is 59.4 Å². The van der Waals surface area contributed by atoms with Crippen molar-refractivity contribution in [2.75, 3.05) is 7.11 Å². The second-order valence-corrected chi connectivity index (χ2v) is 2.91. The third kappa shape index (κ3) is 2.62. The van der Waals surface area contributed by atoms with Gasteiger partial charge >= 0.3 is 5.97 Å². The summed E-state index contributed by atoms with van der Waals surface area (Å²) >= 11 is 0. The van der Waals surface area contributed by atoms with Gasteiger partial charge in [0.05, 0.1) is 19.1 Å². The molecule has 0 atom stereocenters. The number of aliphatic carboxylic acids is 1. The molecule has 0 radical (unpaired) electrons. The molecule has 0 spiro atoms. The Morgan fingerprint density at radius 3 is 2.69 bits per heavy atom. The minimum Gasteiger partial charge on any atom is -0.481 e. The maximum Gasteiger partial charge on any atom is 0.307 e. The molecule has 88 valence electrons. The maximum absolute atomic E-state index is 13.1. The van der Waals surface area contributed by atoms with Crippen molar-refractivity contribution >= 4 is 5.97 Å². The highest BCUT2D eigenvalue weighted by Crippen LogP contribution is 2.28. The van der Waals surface area contributed by atoms with E-state index in [9.17, 15) is 18.0 Å². The van der Waals surface area contributed by atoms with E-state index in [1.54, 1.807) is 0 Å². The van der Waals surface area contributed by atoms with Gasteiger partial charge in [-0.3, -0.25) is 4.79 Å². The summed E-state index contributed by atoms with van der Waals surface area (Å²) in [4.78, 5) is 13.5. The Kier molecular flexibility index (Phi) is 3.70. The zero-order chi connectivity index (χ0) is 12.3. The highest BCUT2D eigenvalue weighted by Gasteiger charge is 2.20. The fourth-order valence-electron chi connectivity index (χ4n) is 1.14. The Labute approximate surface area is 88.7 Å². The molecule has 0 amide bonds. The van der Waals surface area contributed by atoms with E-state index in [-0.39, 0.29) is 0 Å². The van der Waals surface area contributed by atoms with Crippen molar-refractivity contribution in [3.63, 3.8) is 0 Å². The third-order valence-electron chi connectivity index (χ3n) is 1.81. The summed E-state index contributed by atoms with van der Waals surface area (Å²) in [5.74, 6) is -2.99. The summed E-state index contributed by atoms with van der Waals surface area (Å²) in [5.41, 5.74) is -1.02. The minimum absolute atomic E-state index is 0.399. The van der Waals surface area contributed by atoms with E-state index in [0.717, 1.165) is 13.2 Å². The Bertz CT molecular complexity index is 409. The molecule has 0 fully saturated rings. The van der Waals surface area contributed by atoms with Crippen LogP contribution >= 0.6 is 0 Å². The number of carboxylic acid groups (broad SMARTS) is 1. The normalized spacial score (nSPS) is 10.6. The molecule has 1 aromatic heterocycles. The number of halogens is 3. The maximum atomic E-state index is 13.1. The first-order valence-electron chi connectivity index (χ1n) is 4.19. The van der Waals surface area contributed by atoms with Crippen LogP contribution in [0.1, 0.15) is 17.6 Å². The largest absolute Gasteiger partial charge is 0.481 e. The Morgan fingerprint density at radius 2 is 2.25 bits per heavy atom. The number of ether oxygens (including phenoxy) is 1. The Balaban J connectivity index is 3.21. The van der Waals surface area contributed by atoms with Crippen LogP contribution in [0, 0.1) is 5.95 Å². The zero-order valence-corrected chi connectivity index (χ0v) is 8.21. The average Bonchev–Trinajstić information content (AvgIpc) is 2.19. The molecule has 1 aromatic rings. The molecule has 7 heteroatoms. The SMILES string of the molecule is COc1nc(F)c(CC(=O)O)cc1C(F)F. The Morgan fingerprint density at radius 1 is 1.62 bits per heavy atom. The van der Waals surface area contributed by atoms with Gasteiger partial charge in [0.2, 0.25) is 11.8 Å². The molecule has 0 aliphatic heterocycles. The molecule has 0 saturated carbocycles. The highest BCUT2D eigenvalue weighted by atomic mass is 19.3. The van der Waals surface area contributed by atoms with Gasteiger partial charge in [-0.1, -0.05) is 0 Å². The van der Waals surface area contributed by atoms with Crippen LogP contribution < -0.4 is 4.74 Å². The van der Waals surface area contributed by atoms with Crippen LogP contribution in [-0.4, -0.2) is 23.2 Å². The predicted molar refractivity (Wildman–Crippen MR) is 47.0 cm³/mol. The van der Waals surface area contributed by atoms with E-state index in [1.807, 2.05) is 0 Å². The number of carboxylic acids is 1. The van der Waals surface area contributed by atoms with Gasteiger partial charge in [0, 0.05) is 5.56 Å². The van der Waals surface area contributed by atoms with Crippen LogP contribution in [0.25, 0.3) is 0 Å². The smallest absolute Gasteiger partial charge is 0.307 e. The average molecular weight is 235 g/mol. The Hall–Kier alpha value is -1.79. The van der Waals surface area contributed by atoms with Crippen LogP contribution in [0.2, 0.25) is 0 Å². The number of hydrogen-bond acceptors (Lipinski definition) is 3. The molecule has 4 nitrogen and oxygen atoms in total. The van der Waals surface area contributed by atoms with Gasteiger partial charge in [-0.2, -0.15) is 9.37 Å². The summed E-state index contributed by atoms with van der Waals surface area (Å²) in [6.07, 6.45) is -3.61. The van der Waals surface area contributed by atoms with Gasteiger partial charge in [-0.05, 0) is 6.07 Å². The third-order valence-corrected chi connectivity index (χ3v) is 1.81. The molecular weight excluding hydrogens is 227 g/mol. The van der Waals surface area contributed by atoms with Crippen LogP contribution in [0.3, 0.4) is 0 Å². The van der Waals surface area contributed by atoms with Crippen LogP contribution in [0.5, 0.6) is 5.88 Å². The van der Waals surface area contributed by atoms with E-state index >= 15 is 0 Å². The molecule has 0 bridgehead atoms. The van der Waals surface area contributed by atoms with Crippen molar-refractivity contribution < 1.29 is 27.8 Å². The van der Waals surface area contributed by atoms with Crippen LogP contribution in [0.4, 0.5) is 13.2 Å². The van der Waals surface area contributed by atoms with E-state index in [1.165, 1.54) is 0 Å². The van der Waals surface area contributed by atoms with Gasteiger partial charge in [0.15, 0.2) is 0 Å². The van der Waals surface area contributed by atoms with Gasteiger partial charge in [-0.25, -0.2) is 8.78 Å². The quantitative estimate of drug-likeness (QED) is 0.808. The van der Waals surface area contributed by atoms with Crippen LogP contribution in [-0.2, 0) is 11.2 Å². The molecule has 0 saturated heterocycles. The molecule has 0 unspecified atom stereocenters. The number of carbonyl (C=O) groups is 1. The lowest BCUT2D eigenvalue weighted by molar-refractivity contribution is -0.136. The van der Waals surface area contributed by atoms with E-state index < -0.39 is 41.8 Å². The summed E-state index contributed by atoms with van der Waals surface area (Å²) in [6.45, 7) is 0. The van der Waals surface area contributed by atoms with E-state index in [4.69, 9.17) is 5.11 Å². The van der Waals surface area contributed by atoms with Gasteiger partial charge in [-0.15, -0.1) is 0 Å². The number of hydrogen-bond donors (Lipinski definition) is 1. The first kappa shape index (κ1) is 12.3. The standard InChI is InChI=1S/C9H8F3NO3/c1-16-9-5(7(10)11)2-4(3-6(14)15)8(12)13-9/h2,7H,3H2,1H3,(H,14,15). The van der Waals surface area contributed by atoms with Gasteiger partial charge in [0.25, 0.3) is 6.43 Å². The second kappa shape index (κ2) is 4.82. The van der Waals surface area contributed by atoms with Crippen molar-refractivity contribution in [2.24, 2.45) is 0 Å².